The monoisotopic (exact) mass is 406 g/mol. The summed E-state index contributed by atoms with van der Waals surface area (Å²) in [4.78, 5) is 29.6. The third-order valence-corrected chi connectivity index (χ3v) is 5.70. The van der Waals surface area contributed by atoms with Crippen LogP contribution in [0.15, 0.2) is 52.4 Å². The van der Waals surface area contributed by atoms with Crippen LogP contribution >= 0.6 is 35.0 Å². The molecule has 0 radical (unpaired) electrons. The molecule has 2 heterocycles. The summed E-state index contributed by atoms with van der Waals surface area (Å²) in [6.45, 7) is 0.376. The molecule has 2 aromatic carbocycles. The van der Waals surface area contributed by atoms with Crippen LogP contribution in [-0.4, -0.2) is 27.4 Å². The number of aromatic nitrogens is 2. The molecule has 4 rings (SSSR count). The molecule has 1 aromatic heterocycles. The Bertz CT molecular complexity index is 1070. The van der Waals surface area contributed by atoms with Crippen LogP contribution < -0.4 is 5.56 Å². The van der Waals surface area contributed by atoms with Gasteiger partial charge in [-0.15, -0.1) is 0 Å². The summed E-state index contributed by atoms with van der Waals surface area (Å²) in [5, 5.41) is 1.52. The Balaban J connectivity index is 1.93. The molecule has 0 saturated carbocycles. The SMILES string of the molecule is O=C1OCC[C@H]1Sc1nc2cc(Cl)ccc2c(=O)n1-c1ccc(Cl)cc1. The molecule has 1 saturated heterocycles. The lowest BCUT2D eigenvalue weighted by molar-refractivity contribution is -0.137. The van der Waals surface area contributed by atoms with Crippen LogP contribution in [0.4, 0.5) is 0 Å². The minimum absolute atomic E-state index is 0.233. The number of rotatable bonds is 3. The van der Waals surface area contributed by atoms with Crippen molar-refractivity contribution in [1.29, 1.82) is 0 Å². The fourth-order valence-electron chi connectivity index (χ4n) is 2.75. The molecule has 1 fully saturated rings. The van der Waals surface area contributed by atoms with E-state index in [9.17, 15) is 9.59 Å². The fourth-order valence-corrected chi connectivity index (χ4v) is 4.12. The summed E-state index contributed by atoms with van der Waals surface area (Å²) in [7, 11) is 0. The number of benzene rings is 2. The van der Waals surface area contributed by atoms with E-state index in [1.165, 1.54) is 16.3 Å². The molecule has 0 bridgehead atoms. The number of hydrogen-bond donors (Lipinski definition) is 0. The molecule has 8 heteroatoms. The van der Waals surface area contributed by atoms with E-state index in [-0.39, 0.29) is 11.5 Å². The largest absolute Gasteiger partial charge is 0.465 e. The predicted molar refractivity (Wildman–Crippen MR) is 103 cm³/mol. The van der Waals surface area contributed by atoms with E-state index in [4.69, 9.17) is 27.9 Å². The van der Waals surface area contributed by atoms with Gasteiger partial charge in [-0.2, -0.15) is 0 Å². The van der Waals surface area contributed by atoms with E-state index in [1.54, 1.807) is 42.5 Å². The third kappa shape index (κ3) is 3.20. The first-order valence-electron chi connectivity index (χ1n) is 7.84. The second-order valence-electron chi connectivity index (χ2n) is 5.74. The van der Waals surface area contributed by atoms with Crippen molar-refractivity contribution in [2.45, 2.75) is 16.8 Å². The fraction of sp³-hybridized carbons (Fsp3) is 0.167. The molecule has 26 heavy (non-hydrogen) atoms. The molecule has 0 N–H and O–H groups in total. The van der Waals surface area contributed by atoms with Gasteiger partial charge in [0.2, 0.25) is 0 Å². The first-order chi connectivity index (χ1) is 12.5. The molecule has 0 amide bonds. The number of ether oxygens (including phenoxy) is 1. The van der Waals surface area contributed by atoms with Crippen molar-refractivity contribution in [2.24, 2.45) is 0 Å². The van der Waals surface area contributed by atoms with Gasteiger partial charge in [0.25, 0.3) is 5.56 Å². The second kappa shape index (κ2) is 6.95. The summed E-state index contributed by atoms with van der Waals surface area (Å²) < 4.78 is 6.51. The lowest BCUT2D eigenvalue weighted by atomic mass is 10.2. The Labute approximate surface area is 162 Å². The Morgan fingerprint density at radius 1 is 1.08 bits per heavy atom. The molecule has 5 nitrogen and oxygen atoms in total. The summed E-state index contributed by atoms with van der Waals surface area (Å²) in [5.74, 6) is -0.293. The Hall–Kier alpha value is -2.02. The van der Waals surface area contributed by atoms with Gasteiger partial charge >= 0.3 is 5.97 Å². The number of thioether (sulfide) groups is 1. The maximum atomic E-state index is 13.1. The summed E-state index contributed by atoms with van der Waals surface area (Å²) in [5.41, 5.74) is 0.877. The first kappa shape index (κ1) is 17.4. The average Bonchev–Trinajstić information content (AvgIpc) is 3.01. The molecule has 0 spiro atoms. The van der Waals surface area contributed by atoms with Crippen molar-refractivity contribution in [2.75, 3.05) is 6.61 Å². The number of cyclic esters (lactones) is 1. The highest BCUT2D eigenvalue weighted by molar-refractivity contribution is 8.00. The van der Waals surface area contributed by atoms with Crippen molar-refractivity contribution >= 4 is 51.8 Å². The highest BCUT2D eigenvalue weighted by atomic mass is 35.5. The van der Waals surface area contributed by atoms with E-state index >= 15 is 0 Å². The smallest absolute Gasteiger partial charge is 0.319 e. The van der Waals surface area contributed by atoms with Crippen molar-refractivity contribution in [1.82, 2.24) is 9.55 Å². The molecule has 0 aliphatic carbocycles. The van der Waals surface area contributed by atoms with Crippen molar-refractivity contribution < 1.29 is 9.53 Å². The normalized spacial score (nSPS) is 16.8. The molecule has 1 atom stereocenters. The number of esters is 1. The minimum Gasteiger partial charge on any atom is -0.465 e. The van der Waals surface area contributed by atoms with Gasteiger partial charge in [-0.1, -0.05) is 35.0 Å². The van der Waals surface area contributed by atoms with E-state index in [0.29, 0.717) is 44.8 Å². The van der Waals surface area contributed by atoms with Crippen molar-refractivity contribution in [3.63, 3.8) is 0 Å². The van der Waals surface area contributed by atoms with Gasteiger partial charge in [0.05, 0.1) is 23.2 Å². The highest BCUT2D eigenvalue weighted by Gasteiger charge is 2.29. The highest BCUT2D eigenvalue weighted by Crippen LogP contribution is 2.30. The van der Waals surface area contributed by atoms with Gasteiger partial charge in [0, 0.05) is 16.5 Å². The van der Waals surface area contributed by atoms with E-state index < -0.39 is 5.25 Å². The van der Waals surface area contributed by atoms with Gasteiger partial charge in [-0.05, 0) is 42.5 Å². The zero-order valence-corrected chi connectivity index (χ0v) is 15.6. The third-order valence-electron chi connectivity index (χ3n) is 4.02. The van der Waals surface area contributed by atoms with Crippen LogP contribution in [0.25, 0.3) is 16.6 Å². The molecule has 132 valence electrons. The van der Waals surface area contributed by atoms with Crippen LogP contribution in [0.5, 0.6) is 0 Å². The number of carbonyl (C=O) groups is 1. The Morgan fingerprint density at radius 3 is 2.50 bits per heavy atom. The van der Waals surface area contributed by atoms with Gasteiger partial charge in [0.15, 0.2) is 5.16 Å². The van der Waals surface area contributed by atoms with Crippen molar-refractivity contribution in [3.05, 3.63) is 62.9 Å². The maximum absolute atomic E-state index is 13.1. The number of fused-ring (bicyclic) bond motifs is 1. The number of halogens is 2. The summed E-state index contributed by atoms with van der Waals surface area (Å²) in [6.07, 6.45) is 0.577. The van der Waals surface area contributed by atoms with Gasteiger partial charge in [-0.25, -0.2) is 4.98 Å². The van der Waals surface area contributed by atoms with E-state index in [2.05, 4.69) is 4.98 Å². The van der Waals surface area contributed by atoms with Gasteiger partial charge in [0.1, 0.15) is 5.25 Å². The molecular formula is C18H12Cl2N2O3S. The topological polar surface area (TPSA) is 61.2 Å². The summed E-state index contributed by atoms with van der Waals surface area (Å²) >= 11 is 13.2. The van der Waals surface area contributed by atoms with E-state index in [0.717, 1.165) is 0 Å². The Kier molecular flexibility index (Phi) is 4.65. The number of nitrogens with zero attached hydrogens (tertiary/aromatic N) is 2. The predicted octanol–water partition coefficient (Wildman–Crippen LogP) is 4.10. The minimum atomic E-state index is -0.392. The average molecular weight is 407 g/mol. The number of carbonyl (C=O) groups excluding carboxylic acids is 1. The zero-order chi connectivity index (χ0) is 18.3. The zero-order valence-electron chi connectivity index (χ0n) is 13.3. The van der Waals surface area contributed by atoms with Gasteiger partial charge < -0.3 is 4.74 Å². The van der Waals surface area contributed by atoms with Crippen LogP contribution in [0.1, 0.15) is 6.42 Å². The molecule has 1 aliphatic heterocycles. The van der Waals surface area contributed by atoms with Gasteiger partial charge in [-0.3, -0.25) is 14.2 Å². The lowest BCUT2D eigenvalue weighted by Crippen LogP contribution is -2.23. The first-order valence-corrected chi connectivity index (χ1v) is 9.48. The summed E-state index contributed by atoms with van der Waals surface area (Å²) in [6, 6.07) is 11.8. The van der Waals surface area contributed by atoms with Crippen LogP contribution in [0.2, 0.25) is 10.0 Å². The molecule has 0 unspecified atom stereocenters. The molecule has 1 aliphatic rings. The molecular weight excluding hydrogens is 395 g/mol. The van der Waals surface area contributed by atoms with E-state index in [1.807, 2.05) is 0 Å². The van der Waals surface area contributed by atoms with Crippen LogP contribution in [0.3, 0.4) is 0 Å². The Morgan fingerprint density at radius 2 is 1.81 bits per heavy atom. The molecule has 3 aromatic rings. The standard InChI is InChI=1S/C18H12Cl2N2O3S/c19-10-1-4-12(5-2-10)22-16(23)13-6-3-11(20)9-14(13)21-18(22)26-15-7-8-25-17(15)24/h1-6,9,15H,7-8H2/t15-/m1/s1. The lowest BCUT2D eigenvalue weighted by Gasteiger charge is -2.14. The van der Waals surface area contributed by atoms with Crippen LogP contribution in [0, 0.1) is 0 Å². The quantitative estimate of drug-likeness (QED) is 0.483. The number of hydrogen-bond acceptors (Lipinski definition) is 5. The van der Waals surface area contributed by atoms with Crippen molar-refractivity contribution in [3.8, 4) is 5.69 Å². The second-order valence-corrected chi connectivity index (χ2v) is 7.78. The maximum Gasteiger partial charge on any atom is 0.319 e. The van der Waals surface area contributed by atoms with Crippen LogP contribution in [-0.2, 0) is 9.53 Å².